The molecule has 51 heavy (non-hydrogen) atoms. The van der Waals surface area contributed by atoms with Crippen LogP contribution >= 0.6 is 11.6 Å². The number of pyridine rings is 1. The van der Waals surface area contributed by atoms with E-state index in [1.165, 1.54) is 22.9 Å². The standard InChI is InChI=1S/C36H34ClF2N7O4S/c1-22-42-31-21-41-33(44(2)27-11-14-45(15-12-27)28-18-36(38,39)19-28)30(20-40)32(31)35(48)46(22)13-5-8-23-9-10-26(37)17-29(23)24-6-4-7-25(16-24)34(47)43-51(3,49)50/h4,6-7,9-10,16-17,21,27-28H,11-15,18-19H2,1-3H3,(H,43,47). The van der Waals surface area contributed by atoms with Crippen molar-refractivity contribution < 1.29 is 22.0 Å². The summed E-state index contributed by atoms with van der Waals surface area (Å²) in [4.78, 5) is 39.6. The van der Waals surface area contributed by atoms with E-state index < -0.39 is 27.4 Å². The Hall–Kier alpha value is -4.89. The molecule has 1 saturated carbocycles. The van der Waals surface area contributed by atoms with Crippen LogP contribution in [0.4, 0.5) is 14.6 Å². The zero-order chi connectivity index (χ0) is 36.7. The van der Waals surface area contributed by atoms with E-state index in [0.29, 0.717) is 59.3 Å². The fraction of sp³-hybridized carbons (Fsp3) is 0.361. The number of nitrogens with zero attached hydrogens (tertiary/aromatic N) is 6. The normalized spacial score (nSPS) is 16.5. The van der Waals surface area contributed by atoms with E-state index in [9.17, 15) is 32.0 Å². The molecule has 11 nitrogen and oxygen atoms in total. The van der Waals surface area contributed by atoms with Crippen LogP contribution in [0.15, 0.2) is 53.5 Å². The molecule has 1 amide bonds. The van der Waals surface area contributed by atoms with E-state index in [1.54, 1.807) is 37.3 Å². The highest BCUT2D eigenvalue weighted by Gasteiger charge is 2.48. The number of benzene rings is 2. The number of hydrogen-bond donors (Lipinski definition) is 1. The summed E-state index contributed by atoms with van der Waals surface area (Å²) in [5.74, 6) is 3.49. The number of nitriles is 1. The average molecular weight is 734 g/mol. The number of piperidine rings is 1. The summed E-state index contributed by atoms with van der Waals surface area (Å²) in [6.07, 6.45) is 3.59. The topological polar surface area (TPSA) is 141 Å². The third kappa shape index (κ3) is 7.73. The second-order valence-corrected chi connectivity index (χ2v) is 15.1. The molecule has 0 bridgehead atoms. The van der Waals surface area contributed by atoms with E-state index in [2.05, 4.69) is 32.8 Å². The number of carbonyl (C=O) groups is 1. The Balaban J connectivity index is 1.27. The SMILES string of the molecule is Cc1nc2cnc(N(C)C3CCN(C4CC(F)(F)C4)CC3)c(C#N)c2c(=O)n1CC#Cc1ccc(Cl)cc1-c1cccc(C(=O)NS(C)(=O)=O)c1. The zero-order valence-electron chi connectivity index (χ0n) is 28.1. The van der Waals surface area contributed by atoms with Crippen molar-refractivity contribution in [3.8, 4) is 29.0 Å². The van der Waals surface area contributed by atoms with Crippen molar-refractivity contribution in [2.75, 3.05) is 31.3 Å². The van der Waals surface area contributed by atoms with Gasteiger partial charge in [0.15, 0.2) is 0 Å². The minimum atomic E-state index is -3.77. The molecule has 264 valence electrons. The summed E-state index contributed by atoms with van der Waals surface area (Å²) in [6.45, 7) is 2.94. The van der Waals surface area contributed by atoms with Gasteiger partial charge in [-0.25, -0.2) is 31.9 Å². The zero-order valence-corrected chi connectivity index (χ0v) is 29.7. The molecule has 0 unspecified atom stereocenters. The first kappa shape index (κ1) is 35.9. The van der Waals surface area contributed by atoms with Crippen LogP contribution in [0.5, 0.6) is 0 Å². The molecule has 2 aliphatic rings. The quantitative estimate of drug-likeness (QED) is 0.267. The van der Waals surface area contributed by atoms with Crippen molar-refractivity contribution in [2.45, 2.75) is 57.2 Å². The molecule has 2 fully saturated rings. The van der Waals surface area contributed by atoms with Gasteiger partial charge >= 0.3 is 0 Å². The van der Waals surface area contributed by atoms with Crippen LogP contribution < -0.4 is 15.2 Å². The molecule has 4 aromatic rings. The first-order valence-corrected chi connectivity index (χ1v) is 18.5. The summed E-state index contributed by atoms with van der Waals surface area (Å²) < 4.78 is 53.4. The number of carbonyl (C=O) groups excluding carboxylic acids is 1. The smallest absolute Gasteiger partial charge is 0.264 e. The predicted molar refractivity (Wildman–Crippen MR) is 190 cm³/mol. The Morgan fingerprint density at radius 3 is 2.57 bits per heavy atom. The van der Waals surface area contributed by atoms with Crippen molar-refractivity contribution in [1.82, 2.24) is 24.2 Å². The van der Waals surface area contributed by atoms with Crippen molar-refractivity contribution in [1.29, 1.82) is 5.26 Å². The van der Waals surface area contributed by atoms with Crippen LogP contribution in [0.3, 0.4) is 0 Å². The Bertz CT molecular complexity index is 2320. The minimum absolute atomic E-state index is 0.00807. The Labute approximate surface area is 298 Å². The van der Waals surface area contributed by atoms with Crippen molar-refractivity contribution in [2.24, 2.45) is 0 Å². The van der Waals surface area contributed by atoms with Gasteiger partial charge in [-0.1, -0.05) is 35.6 Å². The van der Waals surface area contributed by atoms with Gasteiger partial charge in [-0.2, -0.15) is 5.26 Å². The van der Waals surface area contributed by atoms with E-state index in [1.807, 2.05) is 16.7 Å². The van der Waals surface area contributed by atoms with Crippen molar-refractivity contribution >= 4 is 44.3 Å². The Morgan fingerprint density at radius 2 is 1.90 bits per heavy atom. The first-order valence-electron chi connectivity index (χ1n) is 16.2. The van der Waals surface area contributed by atoms with Crippen LogP contribution in [-0.2, 0) is 16.6 Å². The number of amides is 1. The van der Waals surface area contributed by atoms with Crippen LogP contribution in [-0.4, -0.2) is 78.2 Å². The molecule has 3 heterocycles. The fourth-order valence-corrected chi connectivity index (χ4v) is 7.33. The summed E-state index contributed by atoms with van der Waals surface area (Å²) >= 11 is 6.31. The van der Waals surface area contributed by atoms with E-state index in [4.69, 9.17) is 11.6 Å². The van der Waals surface area contributed by atoms with Gasteiger partial charge in [-0.05, 0) is 61.2 Å². The van der Waals surface area contributed by atoms with Gasteiger partial charge in [0.05, 0.1) is 29.9 Å². The average Bonchev–Trinajstić information content (AvgIpc) is 3.07. The van der Waals surface area contributed by atoms with Crippen molar-refractivity contribution in [3.63, 3.8) is 0 Å². The maximum Gasteiger partial charge on any atom is 0.264 e. The summed E-state index contributed by atoms with van der Waals surface area (Å²) in [5, 5.41) is 10.8. The van der Waals surface area contributed by atoms with Gasteiger partial charge in [0, 0.05) is 61.2 Å². The maximum absolute atomic E-state index is 14.0. The fourth-order valence-electron chi connectivity index (χ4n) is 6.70. The third-order valence-electron chi connectivity index (χ3n) is 9.40. The maximum atomic E-state index is 14.0. The lowest BCUT2D eigenvalue weighted by Gasteiger charge is -2.46. The van der Waals surface area contributed by atoms with E-state index in [0.717, 1.165) is 6.26 Å². The molecule has 1 aliphatic heterocycles. The molecule has 0 radical (unpaired) electrons. The number of sulfonamides is 1. The molecule has 0 spiro atoms. The molecular weight excluding hydrogens is 700 g/mol. The molecule has 1 saturated heterocycles. The van der Waals surface area contributed by atoms with E-state index >= 15 is 0 Å². The monoisotopic (exact) mass is 733 g/mol. The van der Waals surface area contributed by atoms with Crippen molar-refractivity contribution in [3.05, 3.63) is 86.6 Å². The lowest BCUT2D eigenvalue weighted by atomic mass is 9.85. The number of nitrogens with one attached hydrogen (secondary N) is 1. The second-order valence-electron chi connectivity index (χ2n) is 13.0. The summed E-state index contributed by atoms with van der Waals surface area (Å²) in [7, 11) is -1.94. The van der Waals surface area contributed by atoms with Gasteiger partial charge in [0.25, 0.3) is 17.4 Å². The lowest BCUT2D eigenvalue weighted by Crippen LogP contribution is -2.55. The predicted octanol–water partition coefficient (Wildman–Crippen LogP) is 4.73. The third-order valence-corrected chi connectivity index (χ3v) is 10.2. The van der Waals surface area contributed by atoms with Gasteiger partial charge in [0.2, 0.25) is 10.0 Å². The number of anilines is 1. The molecule has 15 heteroatoms. The number of rotatable bonds is 7. The minimum Gasteiger partial charge on any atom is -0.355 e. The summed E-state index contributed by atoms with van der Waals surface area (Å²) in [6, 6.07) is 13.5. The number of aryl methyl sites for hydroxylation is 1. The van der Waals surface area contributed by atoms with Crippen LogP contribution in [0.2, 0.25) is 5.02 Å². The molecule has 2 aromatic carbocycles. The van der Waals surface area contributed by atoms with Crippen LogP contribution in [0, 0.1) is 30.1 Å². The molecular formula is C36H34ClF2N7O4S. The van der Waals surface area contributed by atoms with Crippen LogP contribution in [0.25, 0.3) is 22.0 Å². The molecule has 1 aliphatic carbocycles. The van der Waals surface area contributed by atoms with E-state index in [-0.39, 0.29) is 53.5 Å². The second kappa shape index (κ2) is 14.0. The number of likely N-dealkylation sites (tertiary alicyclic amines) is 1. The highest BCUT2D eigenvalue weighted by Crippen LogP contribution is 2.41. The van der Waals surface area contributed by atoms with Gasteiger partial charge < -0.3 is 4.90 Å². The van der Waals surface area contributed by atoms with Gasteiger partial charge in [0.1, 0.15) is 23.3 Å². The van der Waals surface area contributed by atoms with Gasteiger partial charge in [-0.15, -0.1) is 0 Å². The lowest BCUT2D eigenvalue weighted by molar-refractivity contribution is -0.127. The highest BCUT2D eigenvalue weighted by atomic mass is 35.5. The molecule has 1 N–H and O–H groups in total. The van der Waals surface area contributed by atoms with Gasteiger partial charge in [-0.3, -0.25) is 19.1 Å². The van der Waals surface area contributed by atoms with Crippen LogP contribution in [0.1, 0.15) is 53.0 Å². The Morgan fingerprint density at radius 1 is 1.18 bits per heavy atom. The molecule has 6 rings (SSSR count). The highest BCUT2D eigenvalue weighted by molar-refractivity contribution is 7.89. The Kier molecular flexibility index (Phi) is 9.88. The largest absolute Gasteiger partial charge is 0.355 e. The number of alkyl halides is 2. The first-order chi connectivity index (χ1) is 24.1. The number of aromatic nitrogens is 3. The molecule has 0 atom stereocenters. The summed E-state index contributed by atoms with van der Waals surface area (Å²) in [5.41, 5.74) is 1.78. The number of fused-ring (bicyclic) bond motifs is 1. The number of halogens is 3. The molecule has 2 aromatic heterocycles. The number of hydrogen-bond acceptors (Lipinski definition) is 9.